The van der Waals surface area contributed by atoms with Gasteiger partial charge in [0.05, 0.1) is 24.1 Å². The highest BCUT2D eigenvalue weighted by Crippen LogP contribution is 2.17. The molecule has 0 saturated carbocycles. The zero-order chi connectivity index (χ0) is 22.5. The van der Waals surface area contributed by atoms with Crippen LogP contribution in [0.1, 0.15) is 27.4 Å². The van der Waals surface area contributed by atoms with Crippen molar-refractivity contribution < 1.29 is 13.6 Å². The summed E-state index contributed by atoms with van der Waals surface area (Å²) in [6, 6.07) is 7.38. The van der Waals surface area contributed by atoms with Crippen LogP contribution in [0.15, 0.2) is 54.4 Å². The van der Waals surface area contributed by atoms with Crippen LogP contribution in [0.4, 0.5) is 8.78 Å². The van der Waals surface area contributed by atoms with E-state index in [2.05, 4.69) is 20.6 Å². The van der Waals surface area contributed by atoms with Crippen LogP contribution in [-0.4, -0.2) is 32.4 Å². The number of rotatable bonds is 6. The average molecular weight is 425 g/mol. The summed E-state index contributed by atoms with van der Waals surface area (Å²) in [7, 11) is 0. The van der Waals surface area contributed by atoms with E-state index in [0.29, 0.717) is 5.69 Å². The van der Waals surface area contributed by atoms with Crippen LogP contribution in [0.5, 0.6) is 0 Å². The molecule has 3 rings (SSSR count). The fourth-order valence-corrected chi connectivity index (χ4v) is 2.75. The Bertz CT molecular complexity index is 1180. The number of hydrogen-bond acceptors (Lipinski definition) is 6. The molecule has 0 aliphatic rings. The molecule has 1 amide bonds. The molecule has 5 N–H and O–H groups in total. The molecule has 0 saturated heterocycles. The average Bonchev–Trinajstić information content (AvgIpc) is 3.22. The quantitative estimate of drug-likeness (QED) is 0.520. The second-order valence-electron chi connectivity index (χ2n) is 6.75. The molecule has 0 unspecified atom stereocenters. The van der Waals surface area contributed by atoms with Crippen molar-refractivity contribution in [1.29, 1.82) is 0 Å². The standard InChI is InChI=1S/C21H21F2N7O/c1-12-6-9-19(13(2)27-12)30-11-18(28-29-30)21(31)26-10-14(24)7-8-17(25)15-4-3-5-16(22)20(15)23/h3-9,11H,10,24-25H2,1-2H3,(H,26,31)/b14-7-,17-8-. The maximum Gasteiger partial charge on any atom is 0.273 e. The third-order valence-corrected chi connectivity index (χ3v) is 4.36. The molecule has 1 aromatic carbocycles. The van der Waals surface area contributed by atoms with Gasteiger partial charge in [0.1, 0.15) is 0 Å². The van der Waals surface area contributed by atoms with E-state index < -0.39 is 17.5 Å². The van der Waals surface area contributed by atoms with Crippen molar-refractivity contribution in [1.82, 2.24) is 25.3 Å². The van der Waals surface area contributed by atoms with Crippen molar-refractivity contribution in [2.75, 3.05) is 6.54 Å². The largest absolute Gasteiger partial charge is 0.401 e. The number of nitrogens with one attached hydrogen (secondary N) is 1. The van der Waals surface area contributed by atoms with Gasteiger partial charge in [-0.1, -0.05) is 11.3 Å². The molecule has 2 aromatic heterocycles. The molecule has 0 aliphatic heterocycles. The van der Waals surface area contributed by atoms with E-state index in [0.717, 1.165) is 17.5 Å². The molecule has 0 fully saturated rings. The highest BCUT2D eigenvalue weighted by molar-refractivity contribution is 5.92. The number of allylic oxidation sites excluding steroid dienone is 2. The number of halogens is 2. The second kappa shape index (κ2) is 9.16. The predicted octanol–water partition coefficient (Wildman–Crippen LogP) is 2.13. The van der Waals surface area contributed by atoms with Crippen LogP contribution in [-0.2, 0) is 0 Å². The minimum Gasteiger partial charge on any atom is -0.401 e. The smallest absolute Gasteiger partial charge is 0.273 e. The monoisotopic (exact) mass is 425 g/mol. The van der Waals surface area contributed by atoms with E-state index >= 15 is 0 Å². The number of hydrogen-bond donors (Lipinski definition) is 3. The van der Waals surface area contributed by atoms with Crippen LogP contribution >= 0.6 is 0 Å². The molecule has 10 heteroatoms. The highest BCUT2D eigenvalue weighted by atomic mass is 19.2. The lowest BCUT2D eigenvalue weighted by molar-refractivity contribution is 0.0952. The number of pyridine rings is 1. The van der Waals surface area contributed by atoms with Crippen LogP contribution in [0.25, 0.3) is 11.4 Å². The maximum atomic E-state index is 13.8. The molecular formula is C21H21F2N7O. The molecule has 0 radical (unpaired) electrons. The summed E-state index contributed by atoms with van der Waals surface area (Å²) < 4.78 is 28.5. The Morgan fingerprint density at radius 1 is 1.16 bits per heavy atom. The van der Waals surface area contributed by atoms with E-state index in [1.807, 2.05) is 26.0 Å². The molecular weight excluding hydrogens is 404 g/mol. The van der Waals surface area contributed by atoms with Gasteiger partial charge >= 0.3 is 0 Å². The number of amides is 1. The minimum atomic E-state index is -1.04. The third-order valence-electron chi connectivity index (χ3n) is 4.36. The first-order valence-electron chi connectivity index (χ1n) is 9.27. The summed E-state index contributed by atoms with van der Waals surface area (Å²) in [4.78, 5) is 16.7. The number of benzene rings is 1. The lowest BCUT2D eigenvalue weighted by Gasteiger charge is -2.05. The minimum absolute atomic E-state index is 0.00343. The number of carbonyl (C=O) groups excluding carboxylic acids is 1. The van der Waals surface area contributed by atoms with Crippen molar-refractivity contribution in [3.8, 4) is 5.69 Å². The lowest BCUT2D eigenvalue weighted by atomic mass is 10.1. The van der Waals surface area contributed by atoms with Crippen molar-refractivity contribution in [2.45, 2.75) is 13.8 Å². The van der Waals surface area contributed by atoms with Gasteiger partial charge in [-0.15, -0.1) is 5.10 Å². The van der Waals surface area contributed by atoms with Gasteiger partial charge in [0, 0.05) is 22.7 Å². The first-order chi connectivity index (χ1) is 14.8. The zero-order valence-electron chi connectivity index (χ0n) is 16.9. The fourth-order valence-electron chi connectivity index (χ4n) is 2.75. The van der Waals surface area contributed by atoms with E-state index in [9.17, 15) is 13.6 Å². The first kappa shape index (κ1) is 21.6. The molecule has 0 bridgehead atoms. The van der Waals surface area contributed by atoms with Gasteiger partial charge < -0.3 is 16.8 Å². The van der Waals surface area contributed by atoms with Gasteiger partial charge in [-0.3, -0.25) is 9.78 Å². The Morgan fingerprint density at radius 2 is 1.94 bits per heavy atom. The summed E-state index contributed by atoms with van der Waals surface area (Å²) >= 11 is 0. The molecule has 31 heavy (non-hydrogen) atoms. The molecule has 0 aliphatic carbocycles. The SMILES string of the molecule is Cc1ccc(-n2cc(C(=O)NC/C(N)=C/C=C(\N)c3cccc(F)c3F)nn2)c(C)n1. The van der Waals surface area contributed by atoms with Gasteiger partial charge in [-0.25, -0.2) is 13.5 Å². The molecule has 8 nitrogen and oxygen atoms in total. The van der Waals surface area contributed by atoms with Crippen LogP contribution in [0.2, 0.25) is 0 Å². The molecule has 0 atom stereocenters. The Labute approximate surface area is 177 Å². The topological polar surface area (TPSA) is 125 Å². The van der Waals surface area contributed by atoms with Gasteiger partial charge in [0.2, 0.25) is 0 Å². The number of nitrogens with zero attached hydrogens (tertiary/aromatic N) is 4. The summed E-state index contributed by atoms with van der Waals surface area (Å²) in [5.74, 6) is -2.52. The Hall–Kier alpha value is -4.08. The highest BCUT2D eigenvalue weighted by Gasteiger charge is 2.13. The normalized spacial score (nSPS) is 12.1. The van der Waals surface area contributed by atoms with E-state index in [-0.39, 0.29) is 29.2 Å². The van der Waals surface area contributed by atoms with Crippen molar-refractivity contribution >= 4 is 11.6 Å². The van der Waals surface area contributed by atoms with Gasteiger partial charge in [-0.05, 0) is 50.3 Å². The zero-order valence-corrected chi connectivity index (χ0v) is 16.9. The number of aryl methyl sites for hydroxylation is 2. The summed E-state index contributed by atoms with van der Waals surface area (Å²) in [5, 5.41) is 10.4. The van der Waals surface area contributed by atoms with Gasteiger partial charge in [-0.2, -0.15) is 0 Å². The van der Waals surface area contributed by atoms with Crippen LogP contribution < -0.4 is 16.8 Å². The summed E-state index contributed by atoms with van der Waals surface area (Å²) in [6.07, 6.45) is 4.22. The van der Waals surface area contributed by atoms with Crippen LogP contribution in [0.3, 0.4) is 0 Å². The number of carbonyl (C=O) groups is 1. The van der Waals surface area contributed by atoms with E-state index in [1.165, 1.54) is 35.2 Å². The second-order valence-corrected chi connectivity index (χ2v) is 6.75. The Kier molecular flexibility index (Phi) is 6.39. The number of nitrogens with two attached hydrogens (primary N) is 2. The van der Waals surface area contributed by atoms with Crippen molar-refractivity contribution in [2.24, 2.45) is 11.5 Å². The molecule has 2 heterocycles. The van der Waals surface area contributed by atoms with Crippen molar-refractivity contribution in [3.63, 3.8) is 0 Å². The predicted molar refractivity (Wildman–Crippen MR) is 112 cm³/mol. The van der Waals surface area contributed by atoms with Crippen molar-refractivity contribution in [3.05, 3.63) is 88.7 Å². The van der Waals surface area contributed by atoms with E-state index in [1.54, 1.807) is 0 Å². The Morgan fingerprint density at radius 3 is 2.68 bits per heavy atom. The molecule has 160 valence electrons. The van der Waals surface area contributed by atoms with Gasteiger partial charge in [0.15, 0.2) is 17.3 Å². The van der Waals surface area contributed by atoms with E-state index in [4.69, 9.17) is 11.5 Å². The lowest BCUT2D eigenvalue weighted by Crippen LogP contribution is -2.28. The maximum absolute atomic E-state index is 13.8. The molecule has 0 spiro atoms. The van der Waals surface area contributed by atoms with Gasteiger partial charge in [0.25, 0.3) is 5.91 Å². The first-order valence-corrected chi connectivity index (χ1v) is 9.27. The number of aromatic nitrogens is 4. The third kappa shape index (κ3) is 5.10. The summed E-state index contributed by atoms with van der Waals surface area (Å²) in [6.45, 7) is 3.71. The fraction of sp³-hybridized carbons (Fsp3) is 0.143. The molecule has 3 aromatic rings. The Balaban J connectivity index is 1.64. The van der Waals surface area contributed by atoms with Crippen LogP contribution in [0, 0.1) is 25.5 Å². The summed E-state index contributed by atoms with van der Waals surface area (Å²) in [5.41, 5.74) is 14.2.